The van der Waals surface area contributed by atoms with Crippen LogP contribution in [0, 0.1) is 0 Å². The maximum Gasteiger partial charge on any atom is 0.330 e. The highest BCUT2D eigenvalue weighted by atomic mass is 16.3. The number of H-pyrrole nitrogens is 1. The first-order valence-electron chi connectivity index (χ1n) is 6.53. The predicted molar refractivity (Wildman–Crippen MR) is 72.7 cm³/mol. The third-order valence-electron chi connectivity index (χ3n) is 3.85. The Labute approximate surface area is 114 Å². The topological polar surface area (TPSA) is 91.7 Å². The zero-order chi connectivity index (χ0) is 14.3. The van der Waals surface area contributed by atoms with Gasteiger partial charge in [0.05, 0.1) is 6.54 Å². The fourth-order valence-corrected chi connectivity index (χ4v) is 2.78. The summed E-state index contributed by atoms with van der Waals surface area (Å²) in [4.78, 5) is 25.8. The van der Waals surface area contributed by atoms with Crippen molar-refractivity contribution in [1.82, 2.24) is 9.55 Å². The van der Waals surface area contributed by atoms with E-state index >= 15 is 0 Å². The van der Waals surface area contributed by atoms with Crippen LogP contribution in [0.2, 0.25) is 0 Å². The van der Waals surface area contributed by atoms with Crippen LogP contribution in [0.3, 0.4) is 0 Å². The van der Waals surface area contributed by atoms with Crippen molar-refractivity contribution in [2.24, 2.45) is 7.05 Å². The molecule has 0 saturated heterocycles. The van der Waals surface area contributed by atoms with Gasteiger partial charge in [0, 0.05) is 19.0 Å². The van der Waals surface area contributed by atoms with Crippen molar-refractivity contribution in [3.63, 3.8) is 0 Å². The van der Waals surface area contributed by atoms with Crippen LogP contribution in [0.5, 0.6) is 5.88 Å². The molecule has 1 aromatic heterocycles. The van der Waals surface area contributed by atoms with Crippen molar-refractivity contribution in [3.05, 3.63) is 61.8 Å². The number of fused-ring (bicyclic) bond motifs is 1. The first-order chi connectivity index (χ1) is 9.59. The number of quaternary nitrogens is 1. The fraction of sp³-hybridized carbons (Fsp3) is 0.286. The van der Waals surface area contributed by atoms with Gasteiger partial charge in [0.1, 0.15) is 11.6 Å². The van der Waals surface area contributed by atoms with Crippen molar-refractivity contribution < 1.29 is 10.4 Å². The first-order valence-corrected chi connectivity index (χ1v) is 6.53. The normalized spacial score (nSPS) is 17.8. The van der Waals surface area contributed by atoms with Crippen molar-refractivity contribution in [3.8, 4) is 5.88 Å². The van der Waals surface area contributed by atoms with Gasteiger partial charge in [-0.1, -0.05) is 24.3 Å². The molecule has 2 heterocycles. The Hall–Kier alpha value is -2.34. The van der Waals surface area contributed by atoms with Crippen LogP contribution in [-0.4, -0.2) is 21.2 Å². The summed E-state index contributed by atoms with van der Waals surface area (Å²) in [6, 6.07) is 7.59. The monoisotopic (exact) mass is 274 g/mol. The van der Waals surface area contributed by atoms with Crippen LogP contribution in [-0.2, 0) is 13.5 Å². The number of hydrogen-bond acceptors (Lipinski definition) is 3. The van der Waals surface area contributed by atoms with Gasteiger partial charge in [-0.15, -0.1) is 0 Å². The summed E-state index contributed by atoms with van der Waals surface area (Å²) in [6.45, 7) is 0.837. The van der Waals surface area contributed by atoms with Crippen LogP contribution < -0.4 is 16.6 Å². The minimum atomic E-state index is -0.611. The Kier molecular flexibility index (Phi) is 2.94. The highest BCUT2D eigenvalue weighted by Gasteiger charge is 2.30. The summed E-state index contributed by atoms with van der Waals surface area (Å²) in [5, 5.41) is 12.2. The van der Waals surface area contributed by atoms with E-state index in [1.807, 2.05) is 29.6 Å². The molecular weight excluding hydrogens is 258 g/mol. The Morgan fingerprint density at radius 1 is 1.35 bits per heavy atom. The van der Waals surface area contributed by atoms with Gasteiger partial charge in [0.15, 0.2) is 0 Å². The summed E-state index contributed by atoms with van der Waals surface area (Å²) >= 11 is 0. The Bertz CT molecular complexity index is 776. The smallest absolute Gasteiger partial charge is 0.330 e. The minimum Gasteiger partial charge on any atom is -0.494 e. The molecule has 20 heavy (non-hydrogen) atoms. The van der Waals surface area contributed by atoms with Crippen molar-refractivity contribution >= 4 is 0 Å². The van der Waals surface area contributed by atoms with Crippen molar-refractivity contribution in [2.45, 2.75) is 12.5 Å². The largest absolute Gasteiger partial charge is 0.494 e. The number of nitrogens with two attached hydrogens (primary N) is 1. The van der Waals surface area contributed by atoms with Crippen molar-refractivity contribution in [1.29, 1.82) is 0 Å². The molecule has 0 aliphatic carbocycles. The summed E-state index contributed by atoms with van der Waals surface area (Å²) in [5.74, 6) is -0.267. The summed E-state index contributed by atoms with van der Waals surface area (Å²) in [6.07, 6.45) is 0.928. The lowest BCUT2D eigenvalue weighted by Crippen LogP contribution is -2.87. The van der Waals surface area contributed by atoms with E-state index in [0.717, 1.165) is 23.1 Å². The molecule has 1 atom stereocenters. The molecule has 0 saturated carbocycles. The van der Waals surface area contributed by atoms with E-state index < -0.39 is 11.2 Å². The van der Waals surface area contributed by atoms with E-state index in [1.54, 1.807) is 0 Å². The molecule has 3 rings (SSSR count). The number of aromatic hydroxyl groups is 1. The third-order valence-corrected chi connectivity index (χ3v) is 3.85. The molecule has 1 aromatic carbocycles. The second-order valence-electron chi connectivity index (χ2n) is 5.01. The van der Waals surface area contributed by atoms with Crippen LogP contribution in [0.4, 0.5) is 0 Å². The summed E-state index contributed by atoms with van der Waals surface area (Å²) in [7, 11) is 1.44. The zero-order valence-electron chi connectivity index (χ0n) is 11.1. The summed E-state index contributed by atoms with van der Waals surface area (Å²) < 4.78 is 1.06. The van der Waals surface area contributed by atoms with Gasteiger partial charge < -0.3 is 10.4 Å². The Morgan fingerprint density at radius 3 is 2.90 bits per heavy atom. The standard InChI is InChI=1S/C14H15N3O3/c1-17-13(19)10(12(18)16-14(17)20)11-9-5-3-2-4-8(9)6-7-15-11/h2-5,11,15,19H,6-7H2,1H3,(H,16,18,20)/p+1/t11-/m1/s1. The second kappa shape index (κ2) is 4.64. The van der Waals surface area contributed by atoms with E-state index in [0.29, 0.717) is 0 Å². The molecule has 0 amide bonds. The molecule has 1 aliphatic heterocycles. The van der Waals surface area contributed by atoms with Crippen LogP contribution in [0.25, 0.3) is 0 Å². The molecule has 0 fully saturated rings. The number of hydrogen-bond donors (Lipinski definition) is 3. The Morgan fingerprint density at radius 2 is 2.10 bits per heavy atom. The molecule has 6 nitrogen and oxygen atoms in total. The van der Waals surface area contributed by atoms with Gasteiger partial charge in [-0.3, -0.25) is 14.3 Å². The lowest BCUT2D eigenvalue weighted by molar-refractivity contribution is -0.690. The number of rotatable bonds is 1. The lowest BCUT2D eigenvalue weighted by atomic mass is 9.91. The molecule has 0 spiro atoms. The van der Waals surface area contributed by atoms with Gasteiger partial charge >= 0.3 is 5.69 Å². The number of aromatic amines is 1. The number of nitrogens with one attached hydrogen (secondary N) is 1. The molecular formula is C14H16N3O3+. The van der Waals surface area contributed by atoms with Crippen LogP contribution in [0.1, 0.15) is 22.7 Å². The fourth-order valence-electron chi connectivity index (χ4n) is 2.78. The van der Waals surface area contributed by atoms with Gasteiger partial charge in [0.25, 0.3) is 5.56 Å². The molecule has 104 valence electrons. The molecule has 6 heteroatoms. The first kappa shape index (κ1) is 12.7. The molecule has 0 unspecified atom stereocenters. The molecule has 0 bridgehead atoms. The molecule has 4 N–H and O–H groups in total. The molecule has 2 aromatic rings. The average molecular weight is 274 g/mol. The Balaban J connectivity index is 2.24. The van der Waals surface area contributed by atoms with Gasteiger partial charge in [0.2, 0.25) is 5.88 Å². The van der Waals surface area contributed by atoms with Gasteiger partial charge in [-0.05, 0) is 5.56 Å². The average Bonchev–Trinajstić information content (AvgIpc) is 2.45. The number of nitrogens with zero attached hydrogens (tertiary/aromatic N) is 1. The predicted octanol–water partition coefficient (Wildman–Crippen LogP) is -1.01. The molecule has 1 aliphatic rings. The van der Waals surface area contributed by atoms with E-state index in [9.17, 15) is 14.7 Å². The van der Waals surface area contributed by atoms with E-state index in [1.165, 1.54) is 12.6 Å². The molecule has 0 radical (unpaired) electrons. The number of benzene rings is 1. The highest BCUT2D eigenvalue weighted by Crippen LogP contribution is 2.26. The lowest BCUT2D eigenvalue weighted by Gasteiger charge is -2.24. The third kappa shape index (κ3) is 1.85. The number of aromatic nitrogens is 2. The van der Waals surface area contributed by atoms with E-state index in [4.69, 9.17) is 0 Å². The van der Waals surface area contributed by atoms with Gasteiger partial charge in [-0.25, -0.2) is 4.79 Å². The quantitative estimate of drug-likeness (QED) is 0.622. The van der Waals surface area contributed by atoms with Crippen LogP contribution in [0.15, 0.2) is 33.9 Å². The zero-order valence-corrected chi connectivity index (χ0v) is 11.1. The minimum absolute atomic E-state index is 0.235. The van der Waals surface area contributed by atoms with E-state index in [2.05, 4.69) is 4.98 Å². The van der Waals surface area contributed by atoms with Gasteiger partial charge in [-0.2, -0.15) is 0 Å². The summed E-state index contributed by atoms with van der Waals surface area (Å²) in [5.41, 5.74) is 1.29. The van der Waals surface area contributed by atoms with Crippen molar-refractivity contribution in [2.75, 3.05) is 6.54 Å². The maximum atomic E-state index is 12.1. The van der Waals surface area contributed by atoms with Crippen LogP contribution >= 0.6 is 0 Å². The SMILES string of the molecule is Cn1c(O)c([C@@H]2[NH2+]CCc3ccccc32)c(=O)[nH]c1=O. The second-order valence-corrected chi connectivity index (χ2v) is 5.01. The van der Waals surface area contributed by atoms with E-state index in [-0.39, 0.29) is 17.5 Å². The maximum absolute atomic E-state index is 12.1. The highest BCUT2D eigenvalue weighted by molar-refractivity contribution is 5.39.